The summed E-state index contributed by atoms with van der Waals surface area (Å²) < 4.78 is 3.85. The summed E-state index contributed by atoms with van der Waals surface area (Å²) in [5.41, 5.74) is 4.58. The van der Waals surface area contributed by atoms with Gasteiger partial charge in [-0.2, -0.15) is 5.10 Å². The van der Waals surface area contributed by atoms with Gasteiger partial charge in [0.05, 0.1) is 17.9 Å². The minimum atomic E-state index is -0.470. The Kier molecular flexibility index (Phi) is 4.89. The average Bonchev–Trinajstić information content (AvgIpc) is 3.46. The standard InChI is InChI=1S/C27H24N6O2/c1-16-25(27(35)30-19-7-6-18-14-28-10-8-17(18)12-19)26(33-24(29-16)13-20(15-34)31-33)22-4-3-5-23-21(22)9-11-32(23)2/h3-14,26,29,34H,15H2,1-2H3,(H,30,35). The van der Waals surface area contributed by atoms with Gasteiger partial charge in [0.1, 0.15) is 11.9 Å². The van der Waals surface area contributed by atoms with Crippen LogP contribution in [0.1, 0.15) is 24.2 Å². The van der Waals surface area contributed by atoms with E-state index in [4.69, 9.17) is 0 Å². The first-order valence-corrected chi connectivity index (χ1v) is 11.4. The maximum Gasteiger partial charge on any atom is 0.255 e. The minimum Gasteiger partial charge on any atom is -0.390 e. The van der Waals surface area contributed by atoms with Crippen LogP contribution in [-0.2, 0) is 18.4 Å². The molecule has 1 atom stereocenters. The van der Waals surface area contributed by atoms with Gasteiger partial charge in [-0.3, -0.25) is 9.78 Å². The van der Waals surface area contributed by atoms with E-state index in [0.717, 1.165) is 38.8 Å². The largest absolute Gasteiger partial charge is 0.390 e. The number of amides is 1. The van der Waals surface area contributed by atoms with Crippen LogP contribution in [0.2, 0.25) is 0 Å². The van der Waals surface area contributed by atoms with Gasteiger partial charge >= 0.3 is 0 Å². The van der Waals surface area contributed by atoms with Crippen LogP contribution in [0.15, 0.2) is 84.5 Å². The molecule has 0 aliphatic carbocycles. The number of hydrogen-bond acceptors (Lipinski definition) is 5. The van der Waals surface area contributed by atoms with Crippen molar-refractivity contribution in [2.24, 2.45) is 7.05 Å². The second-order valence-electron chi connectivity index (χ2n) is 8.79. The molecule has 1 unspecified atom stereocenters. The van der Waals surface area contributed by atoms with Crippen LogP contribution >= 0.6 is 0 Å². The minimum absolute atomic E-state index is 0.184. The summed E-state index contributed by atoms with van der Waals surface area (Å²) in [6, 6.07) is 17.2. The summed E-state index contributed by atoms with van der Waals surface area (Å²) in [5.74, 6) is 0.521. The summed E-state index contributed by atoms with van der Waals surface area (Å²) in [5, 5.41) is 23.8. The molecular weight excluding hydrogens is 440 g/mol. The van der Waals surface area contributed by atoms with Crippen LogP contribution in [0.25, 0.3) is 21.7 Å². The zero-order valence-electron chi connectivity index (χ0n) is 19.4. The lowest BCUT2D eigenvalue weighted by molar-refractivity contribution is -0.113. The lowest BCUT2D eigenvalue weighted by atomic mass is 9.92. The van der Waals surface area contributed by atoms with E-state index in [2.05, 4.69) is 37.4 Å². The second kappa shape index (κ2) is 8.11. The van der Waals surface area contributed by atoms with Gasteiger partial charge in [-0.05, 0) is 48.2 Å². The van der Waals surface area contributed by atoms with Crippen molar-refractivity contribution < 1.29 is 9.90 Å². The number of fused-ring (bicyclic) bond motifs is 3. The number of pyridine rings is 1. The van der Waals surface area contributed by atoms with E-state index in [9.17, 15) is 9.90 Å². The Labute approximate surface area is 201 Å². The molecule has 0 bridgehead atoms. The number of benzene rings is 2. The molecule has 1 aliphatic rings. The number of nitrogens with one attached hydrogen (secondary N) is 2. The average molecular weight is 465 g/mol. The van der Waals surface area contributed by atoms with Crippen molar-refractivity contribution in [1.82, 2.24) is 19.3 Å². The van der Waals surface area contributed by atoms with Crippen LogP contribution in [-0.4, -0.2) is 30.3 Å². The number of allylic oxidation sites excluding steroid dienone is 1. The Hall–Kier alpha value is -4.43. The molecule has 0 fully saturated rings. The van der Waals surface area contributed by atoms with Crippen molar-refractivity contribution in [3.63, 3.8) is 0 Å². The van der Waals surface area contributed by atoms with Crippen LogP contribution in [0.4, 0.5) is 11.5 Å². The maximum absolute atomic E-state index is 13.8. The van der Waals surface area contributed by atoms with Gasteiger partial charge in [-0.25, -0.2) is 4.68 Å². The first kappa shape index (κ1) is 21.1. The predicted octanol–water partition coefficient (Wildman–Crippen LogP) is 4.34. The Bertz CT molecular complexity index is 1640. The molecule has 5 aromatic rings. The van der Waals surface area contributed by atoms with Gasteiger partial charge in [0.25, 0.3) is 5.91 Å². The summed E-state index contributed by atoms with van der Waals surface area (Å²) in [6.45, 7) is 1.71. The molecule has 6 rings (SSSR count). The van der Waals surface area contributed by atoms with Crippen LogP contribution in [0, 0.1) is 0 Å². The summed E-state index contributed by atoms with van der Waals surface area (Å²) in [4.78, 5) is 18.0. The fourth-order valence-corrected chi connectivity index (χ4v) is 4.91. The number of aryl methyl sites for hydroxylation is 1. The Balaban J connectivity index is 1.47. The third-order valence-electron chi connectivity index (χ3n) is 6.59. The fourth-order valence-electron chi connectivity index (χ4n) is 4.91. The second-order valence-corrected chi connectivity index (χ2v) is 8.79. The van der Waals surface area contributed by atoms with E-state index in [-0.39, 0.29) is 12.5 Å². The number of anilines is 2. The van der Waals surface area contributed by atoms with E-state index in [1.165, 1.54) is 0 Å². The maximum atomic E-state index is 13.8. The molecule has 0 saturated heterocycles. The molecule has 2 aromatic carbocycles. The van der Waals surface area contributed by atoms with Gasteiger partial charge in [-0.1, -0.05) is 18.2 Å². The van der Waals surface area contributed by atoms with Crippen molar-refractivity contribution in [2.45, 2.75) is 19.6 Å². The molecule has 0 radical (unpaired) electrons. The van der Waals surface area contributed by atoms with E-state index >= 15 is 0 Å². The highest BCUT2D eigenvalue weighted by Gasteiger charge is 2.34. The summed E-state index contributed by atoms with van der Waals surface area (Å²) >= 11 is 0. The molecule has 35 heavy (non-hydrogen) atoms. The number of hydrogen-bond donors (Lipinski definition) is 3. The molecule has 1 amide bonds. The first-order chi connectivity index (χ1) is 17.0. The lowest BCUT2D eigenvalue weighted by Crippen LogP contribution is -2.31. The number of carbonyl (C=O) groups excluding carboxylic acids is 1. The van der Waals surface area contributed by atoms with E-state index in [1.54, 1.807) is 17.1 Å². The number of aliphatic hydroxyl groups is 1. The molecule has 8 heteroatoms. The van der Waals surface area contributed by atoms with Gasteiger partial charge in [0.15, 0.2) is 0 Å². The van der Waals surface area contributed by atoms with Gasteiger partial charge < -0.3 is 20.3 Å². The van der Waals surface area contributed by atoms with E-state index < -0.39 is 6.04 Å². The highest BCUT2D eigenvalue weighted by molar-refractivity contribution is 6.07. The molecule has 0 saturated carbocycles. The highest BCUT2D eigenvalue weighted by Crippen LogP contribution is 2.39. The number of aliphatic hydroxyl groups excluding tert-OH is 1. The Morgan fingerprint density at radius 1 is 1.14 bits per heavy atom. The van der Waals surface area contributed by atoms with Crippen molar-refractivity contribution in [3.8, 4) is 0 Å². The Morgan fingerprint density at radius 3 is 2.89 bits per heavy atom. The first-order valence-electron chi connectivity index (χ1n) is 11.4. The zero-order valence-corrected chi connectivity index (χ0v) is 19.4. The number of nitrogens with zero attached hydrogens (tertiary/aromatic N) is 4. The smallest absolute Gasteiger partial charge is 0.255 e. The topological polar surface area (TPSA) is 97.0 Å². The van der Waals surface area contributed by atoms with Crippen LogP contribution < -0.4 is 10.6 Å². The molecule has 1 aliphatic heterocycles. The van der Waals surface area contributed by atoms with Crippen LogP contribution in [0.3, 0.4) is 0 Å². The van der Waals surface area contributed by atoms with Crippen molar-refractivity contribution >= 4 is 39.1 Å². The van der Waals surface area contributed by atoms with Gasteiger partial charge in [-0.15, -0.1) is 0 Å². The quantitative estimate of drug-likeness (QED) is 0.368. The summed E-state index contributed by atoms with van der Waals surface area (Å²) in [7, 11) is 2.00. The Morgan fingerprint density at radius 2 is 2.03 bits per heavy atom. The molecule has 8 nitrogen and oxygen atoms in total. The molecule has 174 valence electrons. The molecule has 4 heterocycles. The zero-order chi connectivity index (χ0) is 24.1. The normalized spacial score (nSPS) is 15.3. The van der Waals surface area contributed by atoms with E-state index in [0.29, 0.717) is 17.0 Å². The molecule has 0 spiro atoms. The third-order valence-corrected chi connectivity index (χ3v) is 6.59. The van der Waals surface area contributed by atoms with Crippen LogP contribution in [0.5, 0.6) is 0 Å². The predicted molar refractivity (Wildman–Crippen MR) is 136 cm³/mol. The lowest BCUT2D eigenvalue weighted by Gasteiger charge is -2.30. The van der Waals surface area contributed by atoms with Gasteiger partial charge in [0, 0.05) is 59.4 Å². The van der Waals surface area contributed by atoms with Crippen molar-refractivity contribution in [1.29, 1.82) is 0 Å². The van der Waals surface area contributed by atoms with Crippen molar-refractivity contribution in [3.05, 3.63) is 95.7 Å². The molecule has 3 aromatic heterocycles. The molecule has 3 N–H and O–H groups in total. The SMILES string of the molecule is CC1=C(C(=O)Nc2ccc3cnccc3c2)C(c2cccc3c2ccn3C)n2nc(CO)cc2N1. The fraction of sp³-hybridized carbons (Fsp3) is 0.148. The number of aromatic nitrogens is 4. The number of carbonyl (C=O) groups is 1. The highest BCUT2D eigenvalue weighted by atomic mass is 16.3. The van der Waals surface area contributed by atoms with E-state index in [1.807, 2.05) is 62.6 Å². The third kappa shape index (κ3) is 3.46. The van der Waals surface area contributed by atoms with Crippen molar-refractivity contribution in [2.75, 3.05) is 10.6 Å². The van der Waals surface area contributed by atoms with Gasteiger partial charge in [0.2, 0.25) is 0 Å². The summed E-state index contributed by atoms with van der Waals surface area (Å²) in [6.07, 6.45) is 5.55. The molecular formula is C27H24N6O2. The monoisotopic (exact) mass is 464 g/mol. The number of rotatable bonds is 4.